The zero-order chi connectivity index (χ0) is 14.0. The smallest absolute Gasteiger partial charge is 0.130 e. The lowest BCUT2D eigenvalue weighted by molar-refractivity contribution is 0.0600. The van der Waals surface area contributed by atoms with Gasteiger partial charge < -0.3 is 5.32 Å². The number of rotatable bonds is 2. The Bertz CT molecular complexity index is 467. The number of hydrogen-bond acceptors (Lipinski definition) is 3. The molecule has 1 aromatic heterocycles. The van der Waals surface area contributed by atoms with E-state index in [-0.39, 0.29) is 0 Å². The van der Waals surface area contributed by atoms with Crippen molar-refractivity contribution in [1.82, 2.24) is 15.2 Å². The standard InChI is InChI=1S/C15H21Cl2N3/c16-13-7-14(17)19-8-12(13)9-20-6-2-4-15(11-20)3-1-5-18-10-15/h7-8,18H,1-6,9-11H2. The van der Waals surface area contributed by atoms with Gasteiger partial charge in [-0.2, -0.15) is 0 Å². The van der Waals surface area contributed by atoms with Crippen LogP contribution in [0.1, 0.15) is 31.2 Å². The van der Waals surface area contributed by atoms with E-state index < -0.39 is 0 Å². The van der Waals surface area contributed by atoms with Crippen molar-refractivity contribution in [2.75, 3.05) is 26.2 Å². The first kappa shape index (κ1) is 14.6. The molecule has 1 N–H and O–H groups in total. The summed E-state index contributed by atoms with van der Waals surface area (Å²) in [5.41, 5.74) is 1.56. The van der Waals surface area contributed by atoms with Gasteiger partial charge in [0, 0.05) is 36.4 Å². The molecule has 2 saturated heterocycles. The fourth-order valence-corrected chi connectivity index (χ4v) is 4.04. The van der Waals surface area contributed by atoms with Gasteiger partial charge in [-0.25, -0.2) is 4.98 Å². The normalized spacial score (nSPS) is 27.9. The van der Waals surface area contributed by atoms with Crippen molar-refractivity contribution in [1.29, 1.82) is 0 Å². The maximum Gasteiger partial charge on any atom is 0.130 e. The summed E-state index contributed by atoms with van der Waals surface area (Å²) in [4.78, 5) is 6.67. The minimum absolute atomic E-state index is 0.463. The average Bonchev–Trinajstić information content (AvgIpc) is 2.43. The van der Waals surface area contributed by atoms with Crippen molar-refractivity contribution in [3.8, 4) is 0 Å². The van der Waals surface area contributed by atoms with Crippen LogP contribution in [0.25, 0.3) is 0 Å². The molecule has 2 aliphatic heterocycles. The monoisotopic (exact) mass is 313 g/mol. The molecule has 0 radical (unpaired) electrons. The Morgan fingerprint density at radius 1 is 1.30 bits per heavy atom. The highest BCUT2D eigenvalue weighted by Crippen LogP contribution is 2.36. The molecule has 2 aliphatic rings. The molecular weight excluding hydrogens is 293 g/mol. The molecule has 2 fully saturated rings. The topological polar surface area (TPSA) is 28.2 Å². The van der Waals surface area contributed by atoms with Crippen LogP contribution in [0.15, 0.2) is 12.3 Å². The molecule has 3 nitrogen and oxygen atoms in total. The Labute approximate surface area is 130 Å². The van der Waals surface area contributed by atoms with Gasteiger partial charge in [-0.1, -0.05) is 23.2 Å². The largest absolute Gasteiger partial charge is 0.316 e. The van der Waals surface area contributed by atoms with Crippen LogP contribution < -0.4 is 5.32 Å². The molecule has 0 saturated carbocycles. The van der Waals surface area contributed by atoms with Gasteiger partial charge in [0.1, 0.15) is 5.15 Å². The SMILES string of the molecule is Clc1cc(Cl)c(CN2CCCC3(CCCNC3)C2)cn1. The molecular formula is C15H21Cl2N3. The molecule has 3 heterocycles. The lowest BCUT2D eigenvalue weighted by Crippen LogP contribution is -2.50. The molecule has 1 atom stereocenters. The van der Waals surface area contributed by atoms with E-state index in [0.29, 0.717) is 10.6 Å². The van der Waals surface area contributed by atoms with Crippen LogP contribution in [0, 0.1) is 5.41 Å². The molecule has 1 spiro atoms. The van der Waals surface area contributed by atoms with Crippen molar-refractivity contribution in [2.45, 2.75) is 32.2 Å². The highest BCUT2D eigenvalue weighted by Gasteiger charge is 2.36. The molecule has 1 unspecified atom stereocenters. The van der Waals surface area contributed by atoms with Gasteiger partial charge in [0.15, 0.2) is 0 Å². The number of hydrogen-bond donors (Lipinski definition) is 1. The lowest BCUT2D eigenvalue weighted by atomic mass is 9.74. The number of nitrogens with one attached hydrogen (secondary N) is 1. The number of pyridine rings is 1. The number of likely N-dealkylation sites (tertiary alicyclic amines) is 1. The van der Waals surface area contributed by atoms with Crippen molar-refractivity contribution >= 4 is 23.2 Å². The first-order valence-corrected chi connectivity index (χ1v) is 8.16. The van der Waals surface area contributed by atoms with E-state index in [9.17, 15) is 0 Å². The second-order valence-electron chi connectivity index (χ2n) is 6.19. The summed E-state index contributed by atoms with van der Waals surface area (Å²) < 4.78 is 0. The number of nitrogens with zero attached hydrogens (tertiary/aromatic N) is 2. The first-order chi connectivity index (χ1) is 9.67. The summed E-state index contributed by atoms with van der Waals surface area (Å²) >= 11 is 12.1. The number of piperidine rings is 2. The Kier molecular flexibility index (Phi) is 4.51. The van der Waals surface area contributed by atoms with Crippen LogP contribution in [0.4, 0.5) is 0 Å². The van der Waals surface area contributed by atoms with Crippen LogP contribution >= 0.6 is 23.2 Å². The molecule has 5 heteroatoms. The second kappa shape index (κ2) is 6.18. The van der Waals surface area contributed by atoms with Crippen molar-refractivity contribution in [3.63, 3.8) is 0 Å². The number of aromatic nitrogens is 1. The van der Waals surface area contributed by atoms with Gasteiger partial charge in [-0.3, -0.25) is 4.90 Å². The maximum atomic E-state index is 6.26. The van der Waals surface area contributed by atoms with Gasteiger partial charge in [0.05, 0.1) is 0 Å². The molecule has 0 bridgehead atoms. The summed E-state index contributed by atoms with van der Waals surface area (Å²) in [7, 11) is 0. The van der Waals surface area contributed by atoms with Crippen LogP contribution in [-0.4, -0.2) is 36.1 Å². The Morgan fingerprint density at radius 2 is 2.15 bits per heavy atom. The van der Waals surface area contributed by atoms with E-state index >= 15 is 0 Å². The molecule has 0 aromatic carbocycles. The van der Waals surface area contributed by atoms with Crippen molar-refractivity contribution in [3.05, 3.63) is 28.0 Å². The molecule has 110 valence electrons. The zero-order valence-electron chi connectivity index (χ0n) is 11.7. The Balaban J connectivity index is 1.68. The van der Waals surface area contributed by atoms with Gasteiger partial charge in [-0.05, 0) is 50.3 Å². The first-order valence-electron chi connectivity index (χ1n) is 7.40. The van der Waals surface area contributed by atoms with Crippen molar-refractivity contribution < 1.29 is 0 Å². The van der Waals surface area contributed by atoms with E-state index in [2.05, 4.69) is 15.2 Å². The van der Waals surface area contributed by atoms with Gasteiger partial charge in [0.2, 0.25) is 0 Å². The van der Waals surface area contributed by atoms with Crippen LogP contribution in [0.2, 0.25) is 10.2 Å². The Morgan fingerprint density at radius 3 is 2.90 bits per heavy atom. The molecule has 0 amide bonds. The fourth-order valence-electron chi connectivity index (χ4n) is 3.62. The van der Waals surface area contributed by atoms with Crippen LogP contribution in [-0.2, 0) is 6.54 Å². The summed E-state index contributed by atoms with van der Waals surface area (Å²) in [5, 5.41) is 4.76. The van der Waals surface area contributed by atoms with E-state index in [0.717, 1.165) is 30.2 Å². The van der Waals surface area contributed by atoms with Gasteiger partial charge in [0.25, 0.3) is 0 Å². The predicted molar refractivity (Wildman–Crippen MR) is 83.3 cm³/mol. The minimum Gasteiger partial charge on any atom is -0.316 e. The summed E-state index contributed by atoms with van der Waals surface area (Å²) in [6, 6.07) is 1.74. The average molecular weight is 314 g/mol. The van der Waals surface area contributed by atoms with E-state index in [1.54, 1.807) is 6.07 Å². The third-order valence-corrected chi connectivity index (χ3v) is 5.15. The fraction of sp³-hybridized carbons (Fsp3) is 0.667. The molecule has 20 heavy (non-hydrogen) atoms. The van der Waals surface area contributed by atoms with Gasteiger partial charge >= 0.3 is 0 Å². The Hall–Kier alpha value is -0.350. The minimum atomic E-state index is 0.463. The summed E-state index contributed by atoms with van der Waals surface area (Å²) in [6.07, 6.45) is 7.09. The third kappa shape index (κ3) is 3.28. The quantitative estimate of drug-likeness (QED) is 0.849. The lowest BCUT2D eigenvalue weighted by Gasteiger charge is -2.45. The molecule has 0 aliphatic carbocycles. The zero-order valence-corrected chi connectivity index (χ0v) is 13.2. The highest BCUT2D eigenvalue weighted by molar-refractivity contribution is 6.34. The summed E-state index contributed by atoms with van der Waals surface area (Å²) in [6.45, 7) is 5.54. The van der Waals surface area contributed by atoms with Crippen LogP contribution in [0.5, 0.6) is 0 Å². The van der Waals surface area contributed by atoms with E-state index in [1.165, 1.54) is 38.8 Å². The van der Waals surface area contributed by atoms with Crippen molar-refractivity contribution in [2.24, 2.45) is 5.41 Å². The molecule has 3 rings (SSSR count). The molecule has 1 aromatic rings. The maximum absolute atomic E-state index is 6.26. The highest BCUT2D eigenvalue weighted by atomic mass is 35.5. The van der Waals surface area contributed by atoms with Gasteiger partial charge in [-0.15, -0.1) is 0 Å². The third-order valence-electron chi connectivity index (χ3n) is 4.59. The second-order valence-corrected chi connectivity index (χ2v) is 6.99. The van der Waals surface area contributed by atoms with Crippen LogP contribution in [0.3, 0.4) is 0 Å². The number of halogens is 2. The predicted octanol–water partition coefficient (Wildman–Crippen LogP) is 3.35. The van der Waals surface area contributed by atoms with E-state index in [1.807, 2.05) is 6.20 Å². The summed E-state index contributed by atoms with van der Waals surface area (Å²) in [5.74, 6) is 0. The van der Waals surface area contributed by atoms with E-state index in [4.69, 9.17) is 23.2 Å².